The normalized spacial score (nSPS) is 24.0. The molecule has 0 aromatic rings. The molecule has 0 heterocycles. The second-order valence-corrected chi connectivity index (χ2v) is 8.91. The molecule has 0 N–H and O–H groups in total. The molecule has 3 heteroatoms. The summed E-state index contributed by atoms with van der Waals surface area (Å²) >= 11 is 0. The molecule has 0 bridgehead atoms. The Morgan fingerprint density at radius 1 is 1.38 bits per heavy atom. The number of rotatable bonds is 3. The summed E-state index contributed by atoms with van der Waals surface area (Å²) in [6.07, 6.45) is 5.86. The SMILES string of the molecule is CO[C@@H]1CCCC=C1O[Si](C)(C)C. The average molecular weight is 200 g/mol. The van der Waals surface area contributed by atoms with Crippen LogP contribution in [-0.2, 0) is 9.16 Å². The van der Waals surface area contributed by atoms with E-state index in [2.05, 4.69) is 25.7 Å². The van der Waals surface area contributed by atoms with Crippen LogP contribution < -0.4 is 0 Å². The van der Waals surface area contributed by atoms with E-state index in [0.717, 1.165) is 18.6 Å². The zero-order valence-corrected chi connectivity index (χ0v) is 10.1. The van der Waals surface area contributed by atoms with Gasteiger partial charge in [0.2, 0.25) is 8.32 Å². The highest BCUT2D eigenvalue weighted by molar-refractivity contribution is 6.70. The largest absolute Gasteiger partial charge is 0.546 e. The van der Waals surface area contributed by atoms with Gasteiger partial charge >= 0.3 is 0 Å². The van der Waals surface area contributed by atoms with E-state index in [1.54, 1.807) is 7.11 Å². The maximum Gasteiger partial charge on any atom is 0.241 e. The van der Waals surface area contributed by atoms with Crippen molar-refractivity contribution < 1.29 is 9.16 Å². The number of methoxy groups -OCH3 is 1. The number of hydrogen-bond acceptors (Lipinski definition) is 2. The molecule has 1 rings (SSSR count). The molecular weight excluding hydrogens is 180 g/mol. The van der Waals surface area contributed by atoms with Crippen molar-refractivity contribution in [1.29, 1.82) is 0 Å². The van der Waals surface area contributed by atoms with Gasteiger partial charge in [0, 0.05) is 7.11 Å². The van der Waals surface area contributed by atoms with Crippen molar-refractivity contribution in [2.24, 2.45) is 0 Å². The first-order valence-corrected chi connectivity index (χ1v) is 8.35. The summed E-state index contributed by atoms with van der Waals surface area (Å²) in [7, 11) is 0.310. The zero-order chi connectivity index (χ0) is 9.90. The Bertz CT molecular complexity index is 194. The average Bonchev–Trinajstić information content (AvgIpc) is 2.02. The molecule has 2 nitrogen and oxygen atoms in total. The van der Waals surface area contributed by atoms with E-state index in [9.17, 15) is 0 Å². The van der Waals surface area contributed by atoms with Gasteiger partial charge in [0.1, 0.15) is 11.9 Å². The summed E-state index contributed by atoms with van der Waals surface area (Å²) < 4.78 is 11.3. The zero-order valence-electron chi connectivity index (χ0n) is 9.09. The first-order chi connectivity index (χ1) is 6.03. The molecule has 0 aromatic heterocycles. The second-order valence-electron chi connectivity index (χ2n) is 4.48. The summed E-state index contributed by atoms with van der Waals surface area (Å²) in [4.78, 5) is 0. The quantitative estimate of drug-likeness (QED) is 0.652. The Morgan fingerprint density at radius 3 is 2.62 bits per heavy atom. The molecule has 0 fully saturated rings. The topological polar surface area (TPSA) is 18.5 Å². The van der Waals surface area contributed by atoms with Crippen LogP contribution in [0.1, 0.15) is 19.3 Å². The van der Waals surface area contributed by atoms with Crippen LogP contribution in [0.25, 0.3) is 0 Å². The fourth-order valence-corrected chi connectivity index (χ4v) is 2.44. The molecule has 0 amide bonds. The van der Waals surface area contributed by atoms with Crippen molar-refractivity contribution in [3.8, 4) is 0 Å². The predicted octanol–water partition coefficient (Wildman–Crippen LogP) is 2.92. The predicted molar refractivity (Wildman–Crippen MR) is 57.2 cm³/mol. The third-order valence-electron chi connectivity index (χ3n) is 2.04. The lowest BCUT2D eigenvalue weighted by Crippen LogP contribution is -2.30. The van der Waals surface area contributed by atoms with Crippen molar-refractivity contribution in [3.05, 3.63) is 11.8 Å². The Labute approximate surface area is 82.1 Å². The van der Waals surface area contributed by atoms with E-state index in [1.807, 2.05) is 0 Å². The maximum atomic E-state index is 5.96. The standard InChI is InChI=1S/C10H20O2Si/c1-11-9-7-5-6-8-10(9)12-13(2,3)4/h8-9H,5-7H2,1-4H3/t9-/m1/s1. The van der Waals surface area contributed by atoms with E-state index >= 15 is 0 Å². The fourth-order valence-electron chi connectivity index (χ4n) is 1.52. The monoisotopic (exact) mass is 200 g/mol. The van der Waals surface area contributed by atoms with Gasteiger partial charge < -0.3 is 9.16 Å². The highest BCUT2D eigenvalue weighted by Gasteiger charge is 2.24. The molecule has 0 radical (unpaired) electrons. The van der Waals surface area contributed by atoms with Crippen LogP contribution in [0.4, 0.5) is 0 Å². The summed E-state index contributed by atoms with van der Waals surface area (Å²) in [6.45, 7) is 6.61. The van der Waals surface area contributed by atoms with Gasteiger partial charge in [0.15, 0.2) is 0 Å². The van der Waals surface area contributed by atoms with Crippen LogP contribution in [0.3, 0.4) is 0 Å². The van der Waals surface area contributed by atoms with Crippen LogP contribution >= 0.6 is 0 Å². The molecule has 0 aliphatic heterocycles. The molecule has 1 aliphatic carbocycles. The maximum absolute atomic E-state index is 5.96. The van der Waals surface area contributed by atoms with E-state index in [4.69, 9.17) is 9.16 Å². The van der Waals surface area contributed by atoms with Gasteiger partial charge in [-0.1, -0.05) is 0 Å². The van der Waals surface area contributed by atoms with Crippen molar-refractivity contribution in [2.45, 2.75) is 45.0 Å². The fraction of sp³-hybridized carbons (Fsp3) is 0.800. The molecule has 0 aromatic carbocycles. The third-order valence-corrected chi connectivity index (χ3v) is 2.89. The Balaban J connectivity index is 2.60. The molecule has 1 atom stereocenters. The minimum absolute atomic E-state index is 0.209. The highest BCUT2D eigenvalue weighted by atomic mass is 28.4. The molecule has 0 saturated heterocycles. The van der Waals surface area contributed by atoms with Gasteiger partial charge in [-0.3, -0.25) is 0 Å². The van der Waals surface area contributed by atoms with Gasteiger partial charge in [-0.05, 0) is 45.0 Å². The summed E-state index contributed by atoms with van der Waals surface area (Å²) in [5.41, 5.74) is 0. The van der Waals surface area contributed by atoms with Crippen molar-refractivity contribution in [3.63, 3.8) is 0 Å². The molecular formula is C10H20O2Si. The van der Waals surface area contributed by atoms with Crippen LogP contribution in [0.2, 0.25) is 19.6 Å². The van der Waals surface area contributed by atoms with Crippen molar-refractivity contribution in [1.82, 2.24) is 0 Å². The van der Waals surface area contributed by atoms with Crippen LogP contribution in [0, 0.1) is 0 Å². The van der Waals surface area contributed by atoms with Gasteiger partial charge in [-0.15, -0.1) is 0 Å². The van der Waals surface area contributed by atoms with E-state index in [0.29, 0.717) is 0 Å². The molecule has 13 heavy (non-hydrogen) atoms. The van der Waals surface area contributed by atoms with Gasteiger partial charge in [0.05, 0.1) is 0 Å². The van der Waals surface area contributed by atoms with E-state index < -0.39 is 8.32 Å². The number of allylic oxidation sites excluding steroid dienone is 1. The minimum Gasteiger partial charge on any atom is -0.546 e. The lowest BCUT2D eigenvalue weighted by atomic mass is 10.0. The summed E-state index contributed by atoms with van der Waals surface area (Å²) in [6, 6.07) is 0. The van der Waals surface area contributed by atoms with Crippen LogP contribution in [0.5, 0.6) is 0 Å². The van der Waals surface area contributed by atoms with E-state index in [-0.39, 0.29) is 6.10 Å². The van der Waals surface area contributed by atoms with Gasteiger partial charge in [0.25, 0.3) is 0 Å². The molecule has 0 saturated carbocycles. The summed E-state index contributed by atoms with van der Waals surface area (Å²) in [5.74, 6) is 1.08. The first kappa shape index (κ1) is 10.8. The highest BCUT2D eigenvalue weighted by Crippen LogP contribution is 2.24. The third kappa shape index (κ3) is 3.52. The Kier molecular flexibility index (Phi) is 3.56. The van der Waals surface area contributed by atoms with Crippen LogP contribution in [0.15, 0.2) is 11.8 Å². The number of ether oxygens (including phenoxy) is 1. The van der Waals surface area contributed by atoms with Gasteiger partial charge in [-0.25, -0.2) is 0 Å². The van der Waals surface area contributed by atoms with Gasteiger partial charge in [-0.2, -0.15) is 0 Å². The molecule has 1 aliphatic rings. The minimum atomic E-state index is -1.45. The van der Waals surface area contributed by atoms with Crippen molar-refractivity contribution >= 4 is 8.32 Å². The molecule has 0 unspecified atom stereocenters. The van der Waals surface area contributed by atoms with Crippen LogP contribution in [-0.4, -0.2) is 21.5 Å². The second kappa shape index (κ2) is 4.29. The van der Waals surface area contributed by atoms with Crippen molar-refractivity contribution in [2.75, 3.05) is 7.11 Å². The molecule has 76 valence electrons. The number of hydrogen-bond donors (Lipinski definition) is 0. The van der Waals surface area contributed by atoms with E-state index in [1.165, 1.54) is 6.42 Å². The first-order valence-electron chi connectivity index (χ1n) is 4.95. The Morgan fingerprint density at radius 2 is 2.08 bits per heavy atom. The lowest BCUT2D eigenvalue weighted by molar-refractivity contribution is 0.0833. The molecule has 0 spiro atoms. The summed E-state index contributed by atoms with van der Waals surface area (Å²) in [5, 5.41) is 0. The Hall–Kier alpha value is -0.283. The lowest BCUT2D eigenvalue weighted by Gasteiger charge is -2.29. The smallest absolute Gasteiger partial charge is 0.241 e.